The van der Waals surface area contributed by atoms with Gasteiger partial charge >= 0.3 is 0 Å². The number of ether oxygens (including phenoxy) is 1. The van der Waals surface area contributed by atoms with Gasteiger partial charge in [0.05, 0.1) is 17.9 Å². The van der Waals surface area contributed by atoms with Crippen LogP contribution in [0.5, 0.6) is 5.75 Å². The van der Waals surface area contributed by atoms with E-state index >= 15 is 0 Å². The number of carbonyl (C=O) groups excluding carboxylic acids is 1. The Balaban J connectivity index is 1.98. The Morgan fingerprint density at radius 2 is 2.04 bits per heavy atom. The highest BCUT2D eigenvalue weighted by Crippen LogP contribution is 2.27. The molecule has 0 saturated carbocycles. The first-order valence-corrected chi connectivity index (χ1v) is 6.82. The van der Waals surface area contributed by atoms with Gasteiger partial charge in [-0.1, -0.05) is 0 Å². The van der Waals surface area contributed by atoms with Crippen molar-refractivity contribution in [3.8, 4) is 5.75 Å². The number of H-pyrrole nitrogens is 1. The SMILES string of the molecule is CCOc1ccc(F)cc1NC(=O)c1cc(F)cc2n[nH]nc12. The van der Waals surface area contributed by atoms with Crippen molar-refractivity contribution in [3.63, 3.8) is 0 Å². The summed E-state index contributed by atoms with van der Waals surface area (Å²) in [5.74, 6) is -1.49. The molecule has 0 aliphatic heterocycles. The molecule has 0 aliphatic carbocycles. The van der Waals surface area contributed by atoms with E-state index in [-0.39, 0.29) is 22.3 Å². The minimum Gasteiger partial charge on any atom is -0.492 e. The lowest BCUT2D eigenvalue weighted by molar-refractivity contribution is 0.102. The van der Waals surface area contributed by atoms with Gasteiger partial charge in [0, 0.05) is 12.1 Å². The molecule has 0 fully saturated rings. The number of rotatable bonds is 4. The van der Waals surface area contributed by atoms with Crippen LogP contribution in [0, 0.1) is 11.6 Å². The number of nitrogens with zero attached hydrogens (tertiary/aromatic N) is 2. The van der Waals surface area contributed by atoms with Crippen molar-refractivity contribution in [1.82, 2.24) is 15.4 Å². The zero-order valence-electron chi connectivity index (χ0n) is 12.1. The molecule has 1 aromatic heterocycles. The van der Waals surface area contributed by atoms with Crippen LogP contribution in [-0.4, -0.2) is 27.9 Å². The number of hydrogen-bond donors (Lipinski definition) is 2. The number of aromatic amines is 1. The lowest BCUT2D eigenvalue weighted by Crippen LogP contribution is -2.14. The van der Waals surface area contributed by atoms with Crippen LogP contribution in [0.1, 0.15) is 17.3 Å². The van der Waals surface area contributed by atoms with Gasteiger partial charge in [0.25, 0.3) is 5.91 Å². The molecule has 8 heteroatoms. The highest BCUT2D eigenvalue weighted by Gasteiger charge is 2.17. The van der Waals surface area contributed by atoms with Crippen LogP contribution in [0.4, 0.5) is 14.5 Å². The normalized spacial score (nSPS) is 10.7. The van der Waals surface area contributed by atoms with E-state index < -0.39 is 17.5 Å². The van der Waals surface area contributed by atoms with Crippen LogP contribution in [0.25, 0.3) is 11.0 Å². The summed E-state index contributed by atoms with van der Waals surface area (Å²) in [5, 5.41) is 12.4. The molecule has 0 atom stereocenters. The third-order valence-corrected chi connectivity index (χ3v) is 3.12. The van der Waals surface area contributed by atoms with Crippen molar-refractivity contribution < 1.29 is 18.3 Å². The van der Waals surface area contributed by atoms with Gasteiger partial charge in [-0.2, -0.15) is 15.4 Å². The molecule has 0 unspecified atom stereocenters. The summed E-state index contributed by atoms with van der Waals surface area (Å²) in [7, 11) is 0. The van der Waals surface area contributed by atoms with Crippen molar-refractivity contribution in [3.05, 3.63) is 47.5 Å². The second-order valence-corrected chi connectivity index (χ2v) is 4.67. The average molecular weight is 318 g/mol. The Morgan fingerprint density at radius 3 is 2.83 bits per heavy atom. The molecule has 3 rings (SSSR count). The molecule has 1 amide bonds. The highest BCUT2D eigenvalue weighted by molar-refractivity contribution is 6.11. The largest absolute Gasteiger partial charge is 0.492 e. The van der Waals surface area contributed by atoms with Crippen molar-refractivity contribution in [1.29, 1.82) is 0 Å². The Kier molecular flexibility index (Phi) is 3.88. The molecule has 23 heavy (non-hydrogen) atoms. The predicted molar refractivity (Wildman–Crippen MR) is 79.4 cm³/mol. The van der Waals surface area contributed by atoms with Gasteiger partial charge < -0.3 is 10.1 Å². The maximum absolute atomic E-state index is 13.6. The molecule has 0 aliphatic rings. The summed E-state index contributed by atoms with van der Waals surface area (Å²) < 4.78 is 32.3. The first-order chi connectivity index (χ1) is 11.1. The molecule has 1 heterocycles. The molecule has 6 nitrogen and oxygen atoms in total. The van der Waals surface area contributed by atoms with E-state index in [1.54, 1.807) is 6.92 Å². The number of benzene rings is 2. The van der Waals surface area contributed by atoms with Crippen molar-refractivity contribution in [2.75, 3.05) is 11.9 Å². The second kappa shape index (κ2) is 5.99. The van der Waals surface area contributed by atoms with Gasteiger partial charge in [0.15, 0.2) is 0 Å². The Bertz CT molecular complexity index is 879. The molecule has 2 N–H and O–H groups in total. The Hall–Kier alpha value is -3.03. The van der Waals surface area contributed by atoms with Crippen LogP contribution in [0.2, 0.25) is 0 Å². The second-order valence-electron chi connectivity index (χ2n) is 4.67. The van der Waals surface area contributed by atoms with Crippen LogP contribution in [0.3, 0.4) is 0 Å². The Labute approximate surface area is 129 Å². The number of carbonyl (C=O) groups is 1. The molecule has 2 aromatic carbocycles. The summed E-state index contributed by atoms with van der Waals surface area (Å²) in [6, 6.07) is 5.95. The predicted octanol–water partition coefficient (Wildman–Crippen LogP) is 2.89. The van der Waals surface area contributed by atoms with E-state index in [1.807, 2.05) is 0 Å². The zero-order chi connectivity index (χ0) is 16.4. The van der Waals surface area contributed by atoms with E-state index in [1.165, 1.54) is 12.1 Å². The number of amides is 1. The minimum absolute atomic E-state index is 0.0135. The first-order valence-electron chi connectivity index (χ1n) is 6.82. The quantitative estimate of drug-likeness (QED) is 0.775. The van der Waals surface area contributed by atoms with Gasteiger partial charge in [0.1, 0.15) is 28.4 Å². The van der Waals surface area contributed by atoms with Gasteiger partial charge in [0.2, 0.25) is 0 Å². The molecule has 0 bridgehead atoms. The summed E-state index contributed by atoms with van der Waals surface area (Å²) in [6.07, 6.45) is 0. The van der Waals surface area contributed by atoms with Crippen LogP contribution in [0.15, 0.2) is 30.3 Å². The zero-order valence-corrected chi connectivity index (χ0v) is 12.1. The Morgan fingerprint density at radius 1 is 1.22 bits per heavy atom. The van der Waals surface area contributed by atoms with E-state index in [0.29, 0.717) is 12.4 Å². The molecule has 3 aromatic rings. The fraction of sp³-hybridized carbons (Fsp3) is 0.133. The standard InChI is InChI=1S/C15H12F2N4O2/c1-2-23-13-4-3-8(16)6-11(13)18-15(22)10-5-9(17)7-12-14(10)20-21-19-12/h3-7H,2H2,1H3,(H,18,22)(H,19,20,21). The fourth-order valence-corrected chi connectivity index (χ4v) is 2.16. The summed E-state index contributed by atoms with van der Waals surface area (Å²) >= 11 is 0. The maximum atomic E-state index is 13.6. The molecule has 0 saturated heterocycles. The summed E-state index contributed by atoms with van der Waals surface area (Å²) in [6.45, 7) is 2.11. The molecular weight excluding hydrogens is 306 g/mol. The smallest absolute Gasteiger partial charge is 0.258 e. The van der Waals surface area contributed by atoms with Crippen LogP contribution >= 0.6 is 0 Å². The molecule has 0 radical (unpaired) electrons. The number of hydrogen-bond acceptors (Lipinski definition) is 4. The van der Waals surface area contributed by atoms with Gasteiger partial charge in [-0.25, -0.2) is 8.78 Å². The van der Waals surface area contributed by atoms with E-state index in [9.17, 15) is 13.6 Å². The van der Waals surface area contributed by atoms with E-state index in [4.69, 9.17) is 4.74 Å². The third-order valence-electron chi connectivity index (χ3n) is 3.12. The highest BCUT2D eigenvalue weighted by atomic mass is 19.1. The summed E-state index contributed by atoms with van der Waals surface area (Å²) in [5.41, 5.74) is 0.580. The molecule has 118 valence electrons. The molecular formula is C15H12F2N4O2. The number of anilines is 1. The number of aromatic nitrogens is 3. The minimum atomic E-state index is -0.644. The van der Waals surface area contributed by atoms with Gasteiger partial charge in [-0.15, -0.1) is 0 Å². The van der Waals surface area contributed by atoms with Crippen LogP contribution in [-0.2, 0) is 0 Å². The van der Waals surface area contributed by atoms with Crippen molar-refractivity contribution in [2.24, 2.45) is 0 Å². The lowest BCUT2D eigenvalue weighted by Gasteiger charge is -2.11. The van der Waals surface area contributed by atoms with E-state index in [0.717, 1.165) is 18.2 Å². The van der Waals surface area contributed by atoms with Gasteiger partial charge in [-0.05, 0) is 25.1 Å². The number of halogens is 2. The monoisotopic (exact) mass is 318 g/mol. The van der Waals surface area contributed by atoms with Crippen molar-refractivity contribution in [2.45, 2.75) is 6.92 Å². The number of nitrogens with one attached hydrogen (secondary N) is 2. The molecule has 0 spiro atoms. The number of fused-ring (bicyclic) bond motifs is 1. The topological polar surface area (TPSA) is 79.9 Å². The van der Waals surface area contributed by atoms with Gasteiger partial charge in [-0.3, -0.25) is 4.79 Å². The lowest BCUT2D eigenvalue weighted by atomic mass is 10.1. The average Bonchev–Trinajstić information content (AvgIpc) is 2.97. The first kappa shape index (κ1) is 14.9. The fourth-order valence-electron chi connectivity index (χ4n) is 2.16. The van der Waals surface area contributed by atoms with Crippen molar-refractivity contribution >= 4 is 22.6 Å². The van der Waals surface area contributed by atoms with E-state index in [2.05, 4.69) is 20.7 Å². The maximum Gasteiger partial charge on any atom is 0.258 e. The summed E-state index contributed by atoms with van der Waals surface area (Å²) in [4.78, 5) is 12.4. The third kappa shape index (κ3) is 2.96. The van der Waals surface area contributed by atoms with Crippen LogP contribution < -0.4 is 10.1 Å².